The predicted octanol–water partition coefficient (Wildman–Crippen LogP) is 6.32. The lowest BCUT2D eigenvalue weighted by Crippen LogP contribution is -2.52. The van der Waals surface area contributed by atoms with E-state index in [0.29, 0.717) is 30.5 Å². The van der Waals surface area contributed by atoms with Crippen molar-refractivity contribution in [3.8, 4) is 11.9 Å². The van der Waals surface area contributed by atoms with Crippen LogP contribution in [-0.4, -0.2) is 38.4 Å². The summed E-state index contributed by atoms with van der Waals surface area (Å²) in [5.74, 6) is 1.12. The fraction of sp³-hybridized carbons (Fsp3) is 0.581. The van der Waals surface area contributed by atoms with Crippen molar-refractivity contribution in [2.45, 2.75) is 84.3 Å². The van der Waals surface area contributed by atoms with E-state index in [1.165, 1.54) is 25.7 Å². The summed E-state index contributed by atoms with van der Waals surface area (Å²) in [5.41, 5.74) is 2.93. The lowest BCUT2D eigenvalue weighted by atomic mass is 9.52. The minimum atomic E-state index is -0.757. The highest BCUT2D eigenvalue weighted by atomic mass is 16.5. The van der Waals surface area contributed by atoms with Crippen molar-refractivity contribution in [1.82, 2.24) is 14.5 Å². The fourth-order valence-corrected chi connectivity index (χ4v) is 7.60. The van der Waals surface area contributed by atoms with Gasteiger partial charge in [-0.15, -0.1) is 0 Å². The summed E-state index contributed by atoms with van der Waals surface area (Å²) in [4.78, 5) is 8.98. The molecule has 0 radical (unpaired) electrons. The molecule has 38 heavy (non-hydrogen) atoms. The van der Waals surface area contributed by atoms with Gasteiger partial charge in [-0.25, -0.2) is 9.97 Å². The summed E-state index contributed by atoms with van der Waals surface area (Å²) in [6.07, 6.45) is 12.3. The van der Waals surface area contributed by atoms with Gasteiger partial charge in [0.2, 0.25) is 5.88 Å². The maximum absolute atomic E-state index is 11.8. The standard InChI is InChI=1S/C31H41N5O2/c1-4-38-28-12-10-24(18-33-28)34-20-31(37)15-7-14-29(2,19-31)27-8-5-6-13-30(27,3)21-36-22-35-25-11-9-23(17-32)16-26(25)36/h9-12,16,18,22,27,34,37H,4-8,13-15,19-21H2,1-3H3/t27?,29-,30?,31-/m0/s1. The van der Waals surface area contributed by atoms with Gasteiger partial charge in [0.15, 0.2) is 0 Å². The zero-order valence-electron chi connectivity index (χ0n) is 23.0. The average molecular weight is 516 g/mol. The summed E-state index contributed by atoms with van der Waals surface area (Å²) >= 11 is 0. The molecular weight excluding hydrogens is 474 g/mol. The van der Waals surface area contributed by atoms with Gasteiger partial charge in [-0.05, 0) is 86.5 Å². The molecule has 2 aliphatic rings. The van der Waals surface area contributed by atoms with E-state index < -0.39 is 5.60 Å². The zero-order valence-corrected chi connectivity index (χ0v) is 23.0. The Balaban J connectivity index is 1.33. The molecule has 0 bridgehead atoms. The van der Waals surface area contributed by atoms with Crippen LogP contribution in [-0.2, 0) is 6.54 Å². The first kappa shape index (κ1) is 26.5. The van der Waals surface area contributed by atoms with Crippen LogP contribution in [0.25, 0.3) is 11.0 Å². The number of pyridine rings is 1. The van der Waals surface area contributed by atoms with E-state index in [0.717, 1.165) is 48.9 Å². The molecule has 2 N–H and O–H groups in total. The maximum Gasteiger partial charge on any atom is 0.213 e. The minimum absolute atomic E-state index is 0.0507. The van der Waals surface area contributed by atoms with Gasteiger partial charge < -0.3 is 19.7 Å². The van der Waals surface area contributed by atoms with Crippen LogP contribution in [0, 0.1) is 28.1 Å². The van der Waals surface area contributed by atoms with Crippen LogP contribution in [0.1, 0.15) is 77.7 Å². The highest BCUT2D eigenvalue weighted by molar-refractivity contribution is 5.77. The molecule has 2 fully saturated rings. The number of nitriles is 1. The molecule has 0 saturated heterocycles. The predicted molar refractivity (Wildman–Crippen MR) is 150 cm³/mol. The highest BCUT2D eigenvalue weighted by Gasteiger charge is 2.51. The van der Waals surface area contributed by atoms with E-state index >= 15 is 0 Å². The van der Waals surface area contributed by atoms with E-state index in [4.69, 9.17) is 4.74 Å². The second-order valence-electron chi connectivity index (χ2n) is 12.2. The number of nitrogens with zero attached hydrogens (tertiary/aromatic N) is 4. The zero-order chi connectivity index (χ0) is 26.8. The Morgan fingerprint density at radius 2 is 2.00 bits per heavy atom. The van der Waals surface area contributed by atoms with Gasteiger partial charge in [-0.1, -0.05) is 26.7 Å². The summed E-state index contributed by atoms with van der Waals surface area (Å²) in [5, 5.41) is 24.7. The molecule has 4 atom stereocenters. The van der Waals surface area contributed by atoms with E-state index in [-0.39, 0.29) is 10.8 Å². The van der Waals surface area contributed by atoms with Crippen LogP contribution in [0.3, 0.4) is 0 Å². The molecule has 0 amide bonds. The first-order valence-corrected chi connectivity index (χ1v) is 14.2. The van der Waals surface area contributed by atoms with E-state index in [9.17, 15) is 10.4 Å². The Hall–Kier alpha value is -3.11. The molecule has 202 valence electrons. The van der Waals surface area contributed by atoms with Crippen LogP contribution in [0.2, 0.25) is 0 Å². The summed E-state index contributed by atoms with van der Waals surface area (Å²) in [7, 11) is 0. The Morgan fingerprint density at radius 1 is 1.13 bits per heavy atom. The topological polar surface area (TPSA) is 96.0 Å². The van der Waals surface area contributed by atoms with E-state index in [2.05, 4.69) is 39.8 Å². The van der Waals surface area contributed by atoms with Crippen molar-refractivity contribution >= 4 is 16.7 Å². The Kier molecular flexibility index (Phi) is 7.37. The van der Waals surface area contributed by atoms with E-state index in [1.54, 1.807) is 6.20 Å². The lowest BCUT2D eigenvalue weighted by molar-refractivity contribution is -0.0965. The second-order valence-corrected chi connectivity index (χ2v) is 12.2. The van der Waals surface area contributed by atoms with Gasteiger partial charge in [0, 0.05) is 19.2 Å². The minimum Gasteiger partial charge on any atom is -0.478 e. The Labute approximate surface area is 226 Å². The fourth-order valence-electron chi connectivity index (χ4n) is 7.60. The molecular formula is C31H41N5O2. The molecule has 2 saturated carbocycles. The molecule has 2 aromatic heterocycles. The second kappa shape index (κ2) is 10.6. The van der Waals surface area contributed by atoms with Crippen molar-refractivity contribution in [1.29, 1.82) is 5.26 Å². The molecule has 5 rings (SSSR count). The number of fused-ring (bicyclic) bond motifs is 1. The molecule has 7 nitrogen and oxygen atoms in total. The van der Waals surface area contributed by atoms with Gasteiger partial charge in [-0.3, -0.25) is 0 Å². The number of anilines is 1. The molecule has 0 aliphatic heterocycles. The van der Waals surface area contributed by atoms with Gasteiger partial charge in [0.25, 0.3) is 0 Å². The number of aromatic nitrogens is 3. The number of nitrogens with one attached hydrogen (secondary N) is 1. The summed E-state index contributed by atoms with van der Waals surface area (Å²) < 4.78 is 7.71. The molecule has 1 aromatic carbocycles. The van der Waals surface area contributed by atoms with Crippen LogP contribution >= 0.6 is 0 Å². The number of benzene rings is 1. The largest absolute Gasteiger partial charge is 0.478 e. The monoisotopic (exact) mass is 515 g/mol. The normalized spacial score (nSPS) is 29.6. The SMILES string of the molecule is CCOc1ccc(NC[C@]2(O)CCC[C@](C)(C3CCCCC3(C)Cn3cnc4ccc(C#N)cc43)C2)cn1. The van der Waals surface area contributed by atoms with E-state index in [1.807, 2.05) is 43.6 Å². The Bertz CT molecular complexity index is 1300. The molecule has 0 spiro atoms. The molecule has 2 unspecified atom stereocenters. The van der Waals surface area contributed by atoms with Crippen molar-refractivity contribution < 1.29 is 9.84 Å². The Morgan fingerprint density at radius 3 is 2.76 bits per heavy atom. The number of aliphatic hydroxyl groups is 1. The quantitative estimate of drug-likeness (QED) is 0.364. The highest BCUT2D eigenvalue weighted by Crippen LogP contribution is 2.57. The third-order valence-corrected chi connectivity index (χ3v) is 9.23. The smallest absolute Gasteiger partial charge is 0.213 e. The van der Waals surface area contributed by atoms with Gasteiger partial charge in [-0.2, -0.15) is 5.26 Å². The summed E-state index contributed by atoms with van der Waals surface area (Å²) in [6.45, 7) is 8.81. The molecule has 3 aromatic rings. The number of hydrogen-bond donors (Lipinski definition) is 2. The number of ether oxygens (including phenoxy) is 1. The van der Waals surface area contributed by atoms with Gasteiger partial charge >= 0.3 is 0 Å². The third-order valence-electron chi connectivity index (χ3n) is 9.23. The average Bonchev–Trinajstić information content (AvgIpc) is 3.29. The first-order chi connectivity index (χ1) is 18.3. The van der Waals surface area contributed by atoms with Crippen LogP contribution in [0.15, 0.2) is 42.9 Å². The molecule has 2 heterocycles. The van der Waals surface area contributed by atoms with Crippen molar-refractivity contribution in [3.63, 3.8) is 0 Å². The lowest BCUT2D eigenvalue weighted by Gasteiger charge is -2.55. The van der Waals surface area contributed by atoms with Crippen molar-refractivity contribution in [2.75, 3.05) is 18.5 Å². The van der Waals surface area contributed by atoms with Gasteiger partial charge in [0.05, 0.1) is 53.1 Å². The van der Waals surface area contributed by atoms with Crippen LogP contribution < -0.4 is 10.1 Å². The van der Waals surface area contributed by atoms with Crippen molar-refractivity contribution in [2.24, 2.45) is 16.7 Å². The third kappa shape index (κ3) is 5.37. The molecule has 2 aliphatic carbocycles. The van der Waals surface area contributed by atoms with Crippen LogP contribution in [0.4, 0.5) is 5.69 Å². The summed E-state index contributed by atoms with van der Waals surface area (Å²) in [6, 6.07) is 11.9. The first-order valence-electron chi connectivity index (χ1n) is 14.2. The number of hydrogen-bond acceptors (Lipinski definition) is 6. The number of rotatable bonds is 8. The van der Waals surface area contributed by atoms with Crippen molar-refractivity contribution in [3.05, 3.63) is 48.4 Å². The van der Waals surface area contributed by atoms with Gasteiger partial charge in [0.1, 0.15) is 0 Å². The number of imidazole rings is 1. The molecule has 7 heteroatoms. The maximum atomic E-state index is 11.8. The van der Waals surface area contributed by atoms with Crippen LogP contribution in [0.5, 0.6) is 5.88 Å².